The molecular formula is C19H19ClN2O. The summed E-state index contributed by atoms with van der Waals surface area (Å²) in [6.45, 7) is 0. The summed E-state index contributed by atoms with van der Waals surface area (Å²) in [7, 11) is 1.69. The molecule has 118 valence electrons. The summed E-state index contributed by atoms with van der Waals surface area (Å²) in [5, 5.41) is 5.70. The fraction of sp³-hybridized carbons (Fsp3) is 0.263. The number of benzene rings is 2. The van der Waals surface area contributed by atoms with Gasteiger partial charge < -0.3 is 15.0 Å². The normalized spacial score (nSPS) is 17.0. The molecule has 1 heterocycles. The van der Waals surface area contributed by atoms with Crippen LogP contribution in [0.5, 0.6) is 5.75 Å². The van der Waals surface area contributed by atoms with E-state index in [9.17, 15) is 0 Å². The number of anilines is 1. The summed E-state index contributed by atoms with van der Waals surface area (Å²) in [6.07, 6.45) is 3.41. The zero-order valence-corrected chi connectivity index (χ0v) is 13.8. The molecule has 4 heteroatoms. The number of aromatic nitrogens is 1. The van der Waals surface area contributed by atoms with E-state index in [0.717, 1.165) is 29.3 Å². The second kappa shape index (κ2) is 5.82. The number of methoxy groups -OCH3 is 1. The van der Waals surface area contributed by atoms with Gasteiger partial charge in [-0.2, -0.15) is 0 Å². The molecule has 2 aromatic carbocycles. The fourth-order valence-electron chi connectivity index (χ4n) is 3.47. The van der Waals surface area contributed by atoms with Crippen LogP contribution in [-0.2, 0) is 6.42 Å². The van der Waals surface area contributed by atoms with Crippen LogP contribution in [0.1, 0.15) is 30.1 Å². The van der Waals surface area contributed by atoms with Gasteiger partial charge in [-0.15, -0.1) is 0 Å². The minimum absolute atomic E-state index is 0.304. The highest BCUT2D eigenvalue weighted by atomic mass is 35.5. The average Bonchev–Trinajstić information content (AvgIpc) is 2.95. The van der Waals surface area contributed by atoms with Crippen LogP contribution in [0.4, 0.5) is 5.69 Å². The van der Waals surface area contributed by atoms with Crippen molar-refractivity contribution in [3.05, 3.63) is 58.7 Å². The lowest BCUT2D eigenvalue weighted by molar-refractivity contribution is 0.415. The Hall–Kier alpha value is -2.13. The number of fused-ring (bicyclic) bond motifs is 3. The van der Waals surface area contributed by atoms with Gasteiger partial charge in [-0.25, -0.2) is 0 Å². The number of hydrogen-bond acceptors (Lipinski definition) is 2. The molecule has 0 aliphatic heterocycles. The first kappa shape index (κ1) is 14.5. The minimum Gasteiger partial charge on any atom is -0.497 e. The van der Waals surface area contributed by atoms with Gasteiger partial charge in [0.15, 0.2) is 0 Å². The molecule has 0 spiro atoms. The van der Waals surface area contributed by atoms with Crippen molar-refractivity contribution in [2.45, 2.75) is 25.3 Å². The SMILES string of the molecule is COc1ccc(NC2CCCc3c2[nH]c2ccc(Cl)cc32)cc1. The maximum Gasteiger partial charge on any atom is 0.119 e. The third kappa shape index (κ3) is 2.66. The van der Waals surface area contributed by atoms with E-state index in [4.69, 9.17) is 16.3 Å². The molecule has 0 fully saturated rings. The van der Waals surface area contributed by atoms with Gasteiger partial charge in [0.2, 0.25) is 0 Å². The van der Waals surface area contributed by atoms with Gasteiger partial charge >= 0.3 is 0 Å². The summed E-state index contributed by atoms with van der Waals surface area (Å²) in [5.74, 6) is 0.875. The lowest BCUT2D eigenvalue weighted by Crippen LogP contribution is -2.17. The van der Waals surface area contributed by atoms with Gasteiger partial charge in [-0.3, -0.25) is 0 Å². The highest BCUT2D eigenvalue weighted by Gasteiger charge is 2.24. The van der Waals surface area contributed by atoms with Crippen LogP contribution in [0, 0.1) is 0 Å². The zero-order valence-electron chi connectivity index (χ0n) is 13.0. The Morgan fingerprint density at radius 3 is 2.78 bits per heavy atom. The Morgan fingerprint density at radius 2 is 2.00 bits per heavy atom. The van der Waals surface area contributed by atoms with Crippen LogP contribution in [0.25, 0.3) is 10.9 Å². The number of rotatable bonds is 3. The Bertz CT molecular complexity index is 838. The number of ether oxygens (including phenoxy) is 1. The largest absolute Gasteiger partial charge is 0.497 e. The molecule has 0 saturated carbocycles. The number of aryl methyl sites for hydroxylation is 1. The minimum atomic E-state index is 0.304. The molecule has 1 aliphatic carbocycles. The highest BCUT2D eigenvalue weighted by molar-refractivity contribution is 6.31. The van der Waals surface area contributed by atoms with Crippen molar-refractivity contribution < 1.29 is 4.74 Å². The molecule has 1 aliphatic rings. The molecule has 23 heavy (non-hydrogen) atoms. The highest BCUT2D eigenvalue weighted by Crippen LogP contribution is 2.37. The maximum absolute atomic E-state index is 6.17. The van der Waals surface area contributed by atoms with Gasteiger partial charge in [0.1, 0.15) is 5.75 Å². The standard InChI is InChI=1S/C19H19ClN2O/c1-23-14-8-6-13(7-9-14)21-18-4-2-3-15-16-11-12(20)5-10-17(16)22-19(15)18/h5-11,18,21-22H,2-4H2,1H3. The smallest absolute Gasteiger partial charge is 0.119 e. The van der Waals surface area contributed by atoms with E-state index < -0.39 is 0 Å². The van der Waals surface area contributed by atoms with E-state index >= 15 is 0 Å². The predicted molar refractivity (Wildman–Crippen MR) is 95.6 cm³/mol. The van der Waals surface area contributed by atoms with Crippen molar-refractivity contribution in [3.63, 3.8) is 0 Å². The van der Waals surface area contributed by atoms with Crippen LogP contribution in [0.2, 0.25) is 5.02 Å². The van der Waals surface area contributed by atoms with Crippen LogP contribution in [-0.4, -0.2) is 12.1 Å². The summed E-state index contributed by atoms with van der Waals surface area (Å²) in [4.78, 5) is 3.59. The van der Waals surface area contributed by atoms with E-state index in [2.05, 4.69) is 34.6 Å². The van der Waals surface area contributed by atoms with E-state index in [1.807, 2.05) is 18.2 Å². The zero-order chi connectivity index (χ0) is 15.8. The quantitative estimate of drug-likeness (QED) is 0.683. The van der Waals surface area contributed by atoms with Gasteiger partial charge in [-0.1, -0.05) is 11.6 Å². The maximum atomic E-state index is 6.17. The third-order valence-electron chi connectivity index (χ3n) is 4.60. The molecule has 1 aromatic heterocycles. The van der Waals surface area contributed by atoms with Crippen molar-refractivity contribution in [3.8, 4) is 5.75 Å². The number of halogens is 1. The molecular weight excluding hydrogens is 308 g/mol. The van der Waals surface area contributed by atoms with Crippen molar-refractivity contribution in [2.24, 2.45) is 0 Å². The molecule has 3 nitrogen and oxygen atoms in total. The van der Waals surface area contributed by atoms with Crippen LogP contribution in [0.15, 0.2) is 42.5 Å². The van der Waals surface area contributed by atoms with Gasteiger partial charge in [0.05, 0.1) is 13.2 Å². The summed E-state index contributed by atoms with van der Waals surface area (Å²) >= 11 is 6.17. The monoisotopic (exact) mass is 326 g/mol. The fourth-order valence-corrected chi connectivity index (χ4v) is 3.64. The summed E-state index contributed by atoms with van der Waals surface area (Å²) in [6, 6.07) is 14.5. The summed E-state index contributed by atoms with van der Waals surface area (Å²) < 4.78 is 5.22. The second-order valence-electron chi connectivity index (χ2n) is 6.02. The first-order chi connectivity index (χ1) is 11.2. The van der Waals surface area contributed by atoms with Crippen LogP contribution in [0.3, 0.4) is 0 Å². The molecule has 0 bridgehead atoms. The van der Waals surface area contributed by atoms with Crippen molar-refractivity contribution in [1.29, 1.82) is 0 Å². The lowest BCUT2D eigenvalue weighted by Gasteiger charge is -2.25. The molecule has 0 saturated heterocycles. The Balaban J connectivity index is 1.68. The van der Waals surface area contributed by atoms with Crippen molar-refractivity contribution in [2.75, 3.05) is 12.4 Å². The summed E-state index contributed by atoms with van der Waals surface area (Å²) in [5.41, 5.74) is 4.98. The van der Waals surface area contributed by atoms with Gasteiger partial charge in [0, 0.05) is 27.3 Å². The second-order valence-corrected chi connectivity index (χ2v) is 6.46. The van der Waals surface area contributed by atoms with E-state index in [0.29, 0.717) is 6.04 Å². The third-order valence-corrected chi connectivity index (χ3v) is 4.84. The molecule has 0 radical (unpaired) electrons. The molecule has 1 unspecified atom stereocenters. The molecule has 1 atom stereocenters. The molecule has 4 rings (SSSR count). The van der Waals surface area contributed by atoms with E-state index in [-0.39, 0.29) is 0 Å². The Morgan fingerprint density at radius 1 is 1.17 bits per heavy atom. The topological polar surface area (TPSA) is 37.0 Å². The lowest BCUT2D eigenvalue weighted by atomic mass is 9.91. The van der Waals surface area contributed by atoms with Crippen molar-refractivity contribution >= 4 is 28.2 Å². The molecule has 3 aromatic rings. The van der Waals surface area contributed by atoms with Crippen LogP contribution < -0.4 is 10.1 Å². The Labute approximate surface area is 140 Å². The predicted octanol–water partition coefficient (Wildman–Crippen LogP) is 5.32. The van der Waals surface area contributed by atoms with E-state index in [1.165, 1.54) is 28.6 Å². The first-order valence-electron chi connectivity index (χ1n) is 7.95. The number of nitrogens with one attached hydrogen (secondary N) is 2. The number of aromatic amines is 1. The number of H-pyrrole nitrogens is 1. The molecule has 2 N–H and O–H groups in total. The number of hydrogen-bond donors (Lipinski definition) is 2. The van der Waals surface area contributed by atoms with Gasteiger partial charge in [0.25, 0.3) is 0 Å². The van der Waals surface area contributed by atoms with Crippen LogP contribution >= 0.6 is 11.6 Å². The Kier molecular flexibility index (Phi) is 3.66. The van der Waals surface area contributed by atoms with Gasteiger partial charge in [-0.05, 0) is 67.3 Å². The molecule has 0 amide bonds. The van der Waals surface area contributed by atoms with Crippen molar-refractivity contribution in [1.82, 2.24) is 4.98 Å². The van der Waals surface area contributed by atoms with E-state index in [1.54, 1.807) is 7.11 Å². The first-order valence-corrected chi connectivity index (χ1v) is 8.33. The average molecular weight is 327 g/mol.